The van der Waals surface area contributed by atoms with Crippen LogP contribution < -0.4 is 0 Å². The summed E-state index contributed by atoms with van der Waals surface area (Å²) in [5.74, 6) is -0.930. The summed E-state index contributed by atoms with van der Waals surface area (Å²) in [6.07, 6.45) is -1.78. The maximum absolute atomic E-state index is 13.0. The predicted octanol–water partition coefficient (Wildman–Crippen LogP) is 2.28. The number of rotatable bonds is 2. The van der Waals surface area contributed by atoms with Crippen molar-refractivity contribution in [2.75, 3.05) is 0 Å². The highest BCUT2D eigenvalue weighted by Crippen LogP contribution is 2.22. The van der Waals surface area contributed by atoms with Crippen LogP contribution in [-0.4, -0.2) is 11.3 Å². The van der Waals surface area contributed by atoms with Crippen LogP contribution in [0.25, 0.3) is 0 Å². The van der Waals surface area contributed by atoms with Crippen LogP contribution in [0.2, 0.25) is 0 Å². The summed E-state index contributed by atoms with van der Waals surface area (Å²) in [5, 5.41) is 0. The van der Waals surface area contributed by atoms with Gasteiger partial charge in [0, 0.05) is 11.8 Å². The fraction of sp³-hybridized carbons (Fsp3) is 0.250. The summed E-state index contributed by atoms with van der Waals surface area (Å²) in [7, 11) is 0. The monoisotopic (exact) mass is 189 g/mol. The van der Waals surface area contributed by atoms with Gasteiger partial charge >= 0.3 is 0 Å². The SMILES string of the molecule is Cc1c(C(F)F)ncc(C=O)c1F. The molecule has 0 aromatic carbocycles. The molecule has 0 atom stereocenters. The third-order valence-corrected chi connectivity index (χ3v) is 1.64. The van der Waals surface area contributed by atoms with E-state index in [9.17, 15) is 18.0 Å². The number of halogens is 3. The predicted molar refractivity (Wildman–Crippen MR) is 39.3 cm³/mol. The Morgan fingerprint density at radius 3 is 2.62 bits per heavy atom. The fourth-order valence-corrected chi connectivity index (χ4v) is 0.924. The lowest BCUT2D eigenvalue weighted by Crippen LogP contribution is -2.01. The maximum atomic E-state index is 13.0. The van der Waals surface area contributed by atoms with Crippen molar-refractivity contribution in [3.05, 3.63) is 28.8 Å². The van der Waals surface area contributed by atoms with Gasteiger partial charge in [0.05, 0.1) is 5.56 Å². The molecule has 0 saturated carbocycles. The number of carbonyl (C=O) groups excluding carboxylic acids is 1. The zero-order chi connectivity index (χ0) is 10.0. The maximum Gasteiger partial charge on any atom is 0.280 e. The van der Waals surface area contributed by atoms with Crippen molar-refractivity contribution in [2.45, 2.75) is 13.3 Å². The van der Waals surface area contributed by atoms with E-state index < -0.39 is 17.9 Å². The number of aldehydes is 1. The molecule has 1 aromatic rings. The highest BCUT2D eigenvalue weighted by atomic mass is 19.3. The summed E-state index contributed by atoms with van der Waals surface area (Å²) in [6.45, 7) is 1.16. The number of hydrogen-bond acceptors (Lipinski definition) is 2. The van der Waals surface area contributed by atoms with Crippen LogP contribution in [0.15, 0.2) is 6.20 Å². The van der Waals surface area contributed by atoms with Crippen LogP contribution in [0.3, 0.4) is 0 Å². The Labute approximate surface area is 72.4 Å². The lowest BCUT2D eigenvalue weighted by molar-refractivity contribution is 0.111. The third kappa shape index (κ3) is 1.68. The summed E-state index contributed by atoms with van der Waals surface area (Å²) in [5.41, 5.74) is -1.20. The molecule has 0 fully saturated rings. The number of pyridine rings is 1. The van der Waals surface area contributed by atoms with Crippen molar-refractivity contribution in [3.63, 3.8) is 0 Å². The first-order valence-corrected chi connectivity index (χ1v) is 3.46. The van der Waals surface area contributed by atoms with Crippen molar-refractivity contribution >= 4 is 6.29 Å². The van der Waals surface area contributed by atoms with Crippen LogP contribution in [0.4, 0.5) is 13.2 Å². The first-order chi connectivity index (χ1) is 6.07. The number of aromatic nitrogens is 1. The van der Waals surface area contributed by atoms with E-state index in [0.29, 0.717) is 0 Å². The Balaban J connectivity index is 3.31. The molecule has 0 saturated heterocycles. The average Bonchev–Trinajstić information content (AvgIpc) is 2.09. The van der Waals surface area contributed by atoms with Gasteiger partial charge in [-0.15, -0.1) is 0 Å². The molecule has 0 amide bonds. The molecule has 5 heteroatoms. The third-order valence-electron chi connectivity index (χ3n) is 1.64. The van der Waals surface area contributed by atoms with Gasteiger partial charge in [-0.1, -0.05) is 0 Å². The van der Waals surface area contributed by atoms with Gasteiger partial charge in [-0.2, -0.15) is 0 Å². The average molecular weight is 189 g/mol. The molecule has 1 aromatic heterocycles. The second-order valence-electron chi connectivity index (χ2n) is 2.46. The second kappa shape index (κ2) is 3.55. The highest BCUT2D eigenvalue weighted by molar-refractivity contribution is 5.75. The lowest BCUT2D eigenvalue weighted by Gasteiger charge is -2.05. The number of nitrogens with zero attached hydrogens (tertiary/aromatic N) is 1. The normalized spacial score (nSPS) is 10.5. The van der Waals surface area contributed by atoms with E-state index in [2.05, 4.69) is 4.98 Å². The summed E-state index contributed by atoms with van der Waals surface area (Å²) >= 11 is 0. The topological polar surface area (TPSA) is 30.0 Å². The number of alkyl halides is 2. The quantitative estimate of drug-likeness (QED) is 0.668. The molecular formula is C8H6F3NO. The van der Waals surface area contributed by atoms with Gasteiger partial charge in [-0.25, -0.2) is 13.2 Å². The Hall–Kier alpha value is -1.39. The van der Waals surface area contributed by atoms with Crippen molar-refractivity contribution in [1.82, 2.24) is 4.98 Å². The van der Waals surface area contributed by atoms with Crippen molar-refractivity contribution in [1.29, 1.82) is 0 Å². The van der Waals surface area contributed by atoms with Gasteiger partial charge in [0.1, 0.15) is 11.5 Å². The molecule has 0 bridgehead atoms. The van der Waals surface area contributed by atoms with Gasteiger partial charge in [-0.3, -0.25) is 9.78 Å². The molecule has 0 aliphatic carbocycles. The van der Waals surface area contributed by atoms with Crippen LogP contribution in [-0.2, 0) is 0 Å². The van der Waals surface area contributed by atoms with Gasteiger partial charge < -0.3 is 0 Å². The number of carbonyl (C=O) groups is 1. The Bertz CT molecular complexity index is 338. The van der Waals surface area contributed by atoms with Gasteiger partial charge in [-0.05, 0) is 6.92 Å². The zero-order valence-electron chi connectivity index (χ0n) is 6.72. The molecule has 0 unspecified atom stereocenters. The highest BCUT2D eigenvalue weighted by Gasteiger charge is 2.17. The van der Waals surface area contributed by atoms with Gasteiger partial charge in [0.15, 0.2) is 6.29 Å². The Morgan fingerprint density at radius 1 is 1.54 bits per heavy atom. The standard InChI is InChI=1S/C8H6F3NO/c1-4-6(9)5(3-13)2-12-7(4)8(10)11/h2-3,8H,1H3. The molecule has 0 aliphatic rings. The van der Waals surface area contributed by atoms with Gasteiger partial charge in [0.2, 0.25) is 0 Å². The molecule has 0 N–H and O–H groups in total. The molecular weight excluding hydrogens is 183 g/mol. The van der Waals surface area contributed by atoms with E-state index in [1.54, 1.807) is 0 Å². The zero-order valence-corrected chi connectivity index (χ0v) is 6.72. The fourth-order valence-electron chi connectivity index (χ4n) is 0.924. The van der Waals surface area contributed by atoms with Crippen LogP contribution in [0, 0.1) is 12.7 Å². The van der Waals surface area contributed by atoms with E-state index in [4.69, 9.17) is 0 Å². The van der Waals surface area contributed by atoms with Crippen LogP contribution in [0.1, 0.15) is 28.0 Å². The molecule has 1 heterocycles. The Kier molecular flexibility index (Phi) is 2.65. The molecule has 0 radical (unpaired) electrons. The van der Waals surface area contributed by atoms with Crippen molar-refractivity contribution in [3.8, 4) is 0 Å². The first kappa shape index (κ1) is 9.70. The van der Waals surface area contributed by atoms with E-state index >= 15 is 0 Å². The van der Waals surface area contributed by atoms with Crippen molar-refractivity contribution in [2.24, 2.45) is 0 Å². The van der Waals surface area contributed by atoms with Gasteiger partial charge in [0.25, 0.3) is 6.43 Å². The van der Waals surface area contributed by atoms with Crippen LogP contribution >= 0.6 is 0 Å². The molecule has 0 aliphatic heterocycles. The smallest absolute Gasteiger partial charge is 0.280 e. The summed E-state index contributed by atoms with van der Waals surface area (Å²) in [6, 6.07) is 0. The van der Waals surface area contributed by atoms with Crippen LogP contribution in [0.5, 0.6) is 0 Å². The molecule has 1 rings (SSSR count). The van der Waals surface area contributed by atoms with E-state index in [-0.39, 0.29) is 17.4 Å². The number of hydrogen-bond donors (Lipinski definition) is 0. The van der Waals surface area contributed by atoms with E-state index in [1.807, 2.05) is 0 Å². The lowest BCUT2D eigenvalue weighted by atomic mass is 10.1. The minimum absolute atomic E-state index is 0.241. The Morgan fingerprint density at radius 2 is 2.15 bits per heavy atom. The van der Waals surface area contributed by atoms with E-state index in [0.717, 1.165) is 13.1 Å². The molecule has 0 spiro atoms. The minimum Gasteiger partial charge on any atom is -0.298 e. The summed E-state index contributed by atoms with van der Waals surface area (Å²) in [4.78, 5) is 13.5. The minimum atomic E-state index is -2.82. The first-order valence-electron chi connectivity index (χ1n) is 3.46. The summed E-state index contributed by atoms with van der Waals surface area (Å²) < 4.78 is 37.3. The van der Waals surface area contributed by atoms with Crippen molar-refractivity contribution < 1.29 is 18.0 Å². The molecule has 2 nitrogen and oxygen atoms in total. The molecule has 13 heavy (non-hydrogen) atoms. The molecule has 70 valence electrons. The van der Waals surface area contributed by atoms with E-state index in [1.165, 1.54) is 0 Å². The second-order valence-corrected chi connectivity index (χ2v) is 2.46. The largest absolute Gasteiger partial charge is 0.298 e.